The SMILES string of the molecule is CC(C)C1CCCN(C(=NCc2cccs2)NCC2CCS(=O)(=O)C2)C1. The van der Waals surface area contributed by atoms with Gasteiger partial charge in [-0.1, -0.05) is 19.9 Å². The molecule has 2 fully saturated rings. The summed E-state index contributed by atoms with van der Waals surface area (Å²) in [4.78, 5) is 8.51. The maximum atomic E-state index is 11.7. The van der Waals surface area contributed by atoms with Gasteiger partial charge in [0.15, 0.2) is 15.8 Å². The summed E-state index contributed by atoms with van der Waals surface area (Å²) < 4.78 is 23.4. The molecule has 5 nitrogen and oxygen atoms in total. The van der Waals surface area contributed by atoms with Crippen molar-refractivity contribution in [2.24, 2.45) is 22.7 Å². The van der Waals surface area contributed by atoms with Gasteiger partial charge in [-0.2, -0.15) is 0 Å². The van der Waals surface area contributed by atoms with Crippen molar-refractivity contribution in [2.45, 2.75) is 39.7 Å². The first-order valence-electron chi connectivity index (χ1n) is 9.69. The molecule has 1 N–H and O–H groups in total. The Kier molecular flexibility index (Phi) is 6.61. The van der Waals surface area contributed by atoms with Gasteiger partial charge in [-0.15, -0.1) is 11.3 Å². The van der Waals surface area contributed by atoms with Crippen LogP contribution in [0.1, 0.15) is 38.0 Å². The van der Waals surface area contributed by atoms with Crippen LogP contribution in [0.3, 0.4) is 0 Å². The number of thiophene rings is 1. The third-order valence-corrected chi connectivity index (χ3v) is 8.24. The molecule has 146 valence electrons. The lowest BCUT2D eigenvalue weighted by molar-refractivity contribution is 0.206. The van der Waals surface area contributed by atoms with Crippen molar-refractivity contribution in [1.82, 2.24) is 10.2 Å². The summed E-state index contributed by atoms with van der Waals surface area (Å²) >= 11 is 1.73. The van der Waals surface area contributed by atoms with E-state index < -0.39 is 9.84 Å². The van der Waals surface area contributed by atoms with Gasteiger partial charge in [0, 0.05) is 24.5 Å². The van der Waals surface area contributed by atoms with Crippen LogP contribution < -0.4 is 5.32 Å². The molecule has 7 heteroatoms. The summed E-state index contributed by atoms with van der Waals surface area (Å²) in [6.07, 6.45) is 3.25. The number of rotatable bonds is 5. The van der Waals surface area contributed by atoms with Crippen LogP contribution >= 0.6 is 11.3 Å². The molecule has 0 radical (unpaired) electrons. The third-order valence-electron chi connectivity index (χ3n) is 5.54. The first-order valence-corrected chi connectivity index (χ1v) is 12.4. The average Bonchev–Trinajstić information content (AvgIpc) is 3.24. The quantitative estimate of drug-likeness (QED) is 0.613. The summed E-state index contributed by atoms with van der Waals surface area (Å²) in [6.45, 7) is 8.05. The molecule has 0 bridgehead atoms. The van der Waals surface area contributed by atoms with E-state index in [1.165, 1.54) is 17.7 Å². The van der Waals surface area contributed by atoms with E-state index in [4.69, 9.17) is 4.99 Å². The largest absolute Gasteiger partial charge is 0.356 e. The van der Waals surface area contributed by atoms with E-state index in [1.54, 1.807) is 11.3 Å². The molecule has 0 spiro atoms. The topological polar surface area (TPSA) is 61.8 Å². The second-order valence-electron chi connectivity index (χ2n) is 7.96. The van der Waals surface area contributed by atoms with Gasteiger partial charge >= 0.3 is 0 Å². The van der Waals surface area contributed by atoms with Gasteiger partial charge in [0.05, 0.1) is 18.1 Å². The highest BCUT2D eigenvalue weighted by Gasteiger charge is 2.29. The van der Waals surface area contributed by atoms with Crippen molar-refractivity contribution in [1.29, 1.82) is 0 Å². The van der Waals surface area contributed by atoms with Crippen LogP contribution in [0.2, 0.25) is 0 Å². The molecule has 2 unspecified atom stereocenters. The predicted octanol–water partition coefficient (Wildman–Crippen LogP) is 3.00. The highest BCUT2D eigenvalue weighted by Crippen LogP contribution is 2.24. The predicted molar refractivity (Wildman–Crippen MR) is 109 cm³/mol. The minimum atomic E-state index is -2.83. The fraction of sp³-hybridized carbons (Fsp3) is 0.737. The van der Waals surface area contributed by atoms with Crippen molar-refractivity contribution >= 4 is 27.1 Å². The van der Waals surface area contributed by atoms with Gasteiger partial charge in [-0.25, -0.2) is 13.4 Å². The third kappa shape index (κ3) is 5.46. The van der Waals surface area contributed by atoms with Gasteiger partial charge in [0.1, 0.15) is 0 Å². The Morgan fingerprint density at radius 3 is 2.92 bits per heavy atom. The molecular formula is C19H31N3O2S2. The number of guanidine groups is 1. The minimum absolute atomic E-state index is 0.206. The number of piperidine rings is 1. The second-order valence-corrected chi connectivity index (χ2v) is 11.2. The second kappa shape index (κ2) is 8.74. The van der Waals surface area contributed by atoms with Gasteiger partial charge in [-0.3, -0.25) is 0 Å². The van der Waals surface area contributed by atoms with E-state index in [1.807, 2.05) is 0 Å². The Hall–Kier alpha value is -1.08. The first kappa shape index (κ1) is 19.7. The number of aliphatic imine (C=N–C) groups is 1. The summed E-state index contributed by atoms with van der Waals surface area (Å²) in [5.74, 6) is 3.18. The molecule has 2 saturated heterocycles. The number of sulfone groups is 1. The van der Waals surface area contributed by atoms with Gasteiger partial charge in [0.2, 0.25) is 0 Å². The smallest absolute Gasteiger partial charge is 0.194 e. The van der Waals surface area contributed by atoms with E-state index in [0.717, 1.165) is 25.5 Å². The number of likely N-dealkylation sites (tertiary alicyclic amines) is 1. The molecule has 1 aromatic rings. The lowest BCUT2D eigenvalue weighted by Gasteiger charge is -2.37. The standard InChI is InChI=1S/C19H31N3O2S2/c1-15(2)17-5-3-8-22(13-17)19(21-12-18-6-4-9-25-18)20-11-16-7-10-26(23,24)14-16/h4,6,9,15-17H,3,5,7-8,10-14H2,1-2H3,(H,20,21). The molecule has 0 saturated carbocycles. The van der Waals surface area contributed by atoms with Crippen LogP contribution in [0.5, 0.6) is 0 Å². The Morgan fingerprint density at radius 2 is 2.27 bits per heavy atom. The van der Waals surface area contributed by atoms with E-state index in [2.05, 4.69) is 41.6 Å². The average molecular weight is 398 g/mol. The molecule has 0 aromatic carbocycles. The zero-order valence-electron chi connectivity index (χ0n) is 15.9. The van der Waals surface area contributed by atoms with Crippen molar-refractivity contribution in [3.8, 4) is 0 Å². The van der Waals surface area contributed by atoms with Gasteiger partial charge in [-0.05, 0) is 48.5 Å². The van der Waals surface area contributed by atoms with E-state index >= 15 is 0 Å². The molecule has 0 aliphatic carbocycles. The van der Waals surface area contributed by atoms with E-state index in [-0.39, 0.29) is 5.92 Å². The van der Waals surface area contributed by atoms with Crippen LogP contribution in [0.15, 0.2) is 22.5 Å². The van der Waals surface area contributed by atoms with Crippen LogP contribution in [0, 0.1) is 17.8 Å². The minimum Gasteiger partial charge on any atom is -0.356 e. The Bertz CT molecular complexity index is 698. The number of hydrogen-bond acceptors (Lipinski definition) is 4. The fourth-order valence-electron chi connectivity index (χ4n) is 3.84. The maximum absolute atomic E-state index is 11.7. The summed E-state index contributed by atoms with van der Waals surface area (Å²) in [5.41, 5.74) is 0. The van der Waals surface area contributed by atoms with Crippen molar-refractivity contribution < 1.29 is 8.42 Å². The van der Waals surface area contributed by atoms with Crippen LogP contribution in [-0.2, 0) is 16.4 Å². The number of nitrogens with zero attached hydrogens (tertiary/aromatic N) is 2. The molecule has 3 heterocycles. The Balaban J connectivity index is 1.66. The Morgan fingerprint density at radius 1 is 1.42 bits per heavy atom. The monoisotopic (exact) mass is 397 g/mol. The summed E-state index contributed by atoms with van der Waals surface area (Å²) in [6, 6.07) is 4.17. The first-order chi connectivity index (χ1) is 12.4. The molecule has 2 atom stereocenters. The highest BCUT2D eigenvalue weighted by atomic mass is 32.2. The van der Waals surface area contributed by atoms with Gasteiger partial charge in [0.25, 0.3) is 0 Å². The summed E-state index contributed by atoms with van der Waals surface area (Å²) in [7, 11) is -2.83. The Labute approximate surface area is 161 Å². The van der Waals surface area contributed by atoms with Crippen LogP contribution in [0.4, 0.5) is 0 Å². The normalized spacial score (nSPS) is 26.4. The molecule has 2 aliphatic heterocycles. The molecule has 1 aromatic heterocycles. The fourth-order valence-corrected chi connectivity index (χ4v) is 6.33. The van der Waals surface area contributed by atoms with E-state index in [0.29, 0.717) is 36.4 Å². The van der Waals surface area contributed by atoms with Crippen molar-refractivity contribution in [3.05, 3.63) is 22.4 Å². The summed E-state index contributed by atoms with van der Waals surface area (Å²) in [5, 5.41) is 5.59. The number of nitrogens with one attached hydrogen (secondary N) is 1. The van der Waals surface area contributed by atoms with Crippen molar-refractivity contribution in [2.75, 3.05) is 31.1 Å². The number of hydrogen-bond donors (Lipinski definition) is 1. The maximum Gasteiger partial charge on any atom is 0.194 e. The zero-order chi connectivity index (χ0) is 18.6. The molecule has 3 rings (SSSR count). The molecular weight excluding hydrogens is 366 g/mol. The zero-order valence-corrected chi connectivity index (χ0v) is 17.5. The molecule has 2 aliphatic rings. The van der Waals surface area contributed by atoms with Gasteiger partial charge < -0.3 is 10.2 Å². The lowest BCUT2D eigenvalue weighted by atomic mass is 9.88. The molecule has 0 amide bonds. The van der Waals surface area contributed by atoms with E-state index in [9.17, 15) is 8.42 Å². The van der Waals surface area contributed by atoms with Crippen LogP contribution in [0.25, 0.3) is 0 Å². The molecule has 26 heavy (non-hydrogen) atoms. The van der Waals surface area contributed by atoms with Crippen molar-refractivity contribution in [3.63, 3.8) is 0 Å². The van der Waals surface area contributed by atoms with Crippen LogP contribution in [-0.4, -0.2) is 50.4 Å². The highest BCUT2D eigenvalue weighted by molar-refractivity contribution is 7.91. The lowest BCUT2D eigenvalue weighted by Crippen LogP contribution is -2.48.